The zero-order chi connectivity index (χ0) is 13.5. The van der Waals surface area contributed by atoms with E-state index in [4.69, 9.17) is 4.74 Å². The minimum atomic E-state index is -0.194. The van der Waals surface area contributed by atoms with Crippen LogP contribution in [-0.2, 0) is 9.53 Å². The molecule has 0 aromatic carbocycles. The Hall–Kier alpha value is -1.15. The molecule has 0 fully saturated rings. The van der Waals surface area contributed by atoms with E-state index in [-0.39, 0.29) is 23.7 Å². The third-order valence-corrected chi connectivity index (χ3v) is 3.72. The zero-order valence-corrected chi connectivity index (χ0v) is 11.5. The molecule has 0 bridgehead atoms. The van der Waals surface area contributed by atoms with E-state index < -0.39 is 0 Å². The smallest absolute Gasteiger partial charge is 0.164 e. The topological polar surface area (TPSA) is 26.3 Å². The summed E-state index contributed by atoms with van der Waals surface area (Å²) in [6, 6.07) is 0. The molecule has 0 aromatic heterocycles. The molecule has 0 N–H and O–H groups in total. The third kappa shape index (κ3) is 3.42. The van der Waals surface area contributed by atoms with Crippen LogP contribution >= 0.6 is 0 Å². The van der Waals surface area contributed by atoms with Crippen LogP contribution in [0.25, 0.3) is 0 Å². The van der Waals surface area contributed by atoms with Crippen LogP contribution in [0.5, 0.6) is 0 Å². The zero-order valence-electron chi connectivity index (χ0n) is 11.5. The fraction of sp³-hybridized carbons (Fsp3) is 0.562. The lowest BCUT2D eigenvalue weighted by Crippen LogP contribution is -2.35. The standard InChI is InChI=1S/C16H24O2/c1-5-12(3)16(18-4)15(14(17)6-2)13-10-8-7-9-11-13/h5-6,10,12,15-16H,1-2,7-9,11H2,3-4H3. The molecule has 0 aromatic rings. The van der Waals surface area contributed by atoms with Crippen molar-refractivity contribution < 1.29 is 9.53 Å². The molecule has 18 heavy (non-hydrogen) atoms. The SMILES string of the molecule is C=CC(=O)C(C1=CCCCC1)C(OC)C(C)C=C. The van der Waals surface area contributed by atoms with Crippen molar-refractivity contribution in [2.45, 2.75) is 38.7 Å². The number of carbonyl (C=O) groups excluding carboxylic acids is 1. The predicted octanol–water partition coefficient (Wildman–Crippen LogP) is 3.70. The lowest BCUT2D eigenvalue weighted by atomic mass is 9.79. The highest BCUT2D eigenvalue weighted by molar-refractivity contribution is 5.93. The highest BCUT2D eigenvalue weighted by Gasteiger charge is 2.32. The Morgan fingerprint density at radius 1 is 1.44 bits per heavy atom. The maximum atomic E-state index is 12.2. The van der Waals surface area contributed by atoms with Crippen molar-refractivity contribution in [1.82, 2.24) is 0 Å². The van der Waals surface area contributed by atoms with Crippen molar-refractivity contribution in [3.8, 4) is 0 Å². The van der Waals surface area contributed by atoms with E-state index in [2.05, 4.69) is 19.2 Å². The normalized spacial score (nSPS) is 20.4. The Morgan fingerprint density at radius 2 is 2.17 bits per heavy atom. The first-order chi connectivity index (χ1) is 8.65. The van der Waals surface area contributed by atoms with Gasteiger partial charge in [0.25, 0.3) is 0 Å². The molecule has 0 saturated heterocycles. The van der Waals surface area contributed by atoms with Gasteiger partial charge in [-0.2, -0.15) is 0 Å². The van der Waals surface area contributed by atoms with Crippen LogP contribution in [0.4, 0.5) is 0 Å². The van der Waals surface area contributed by atoms with Crippen molar-refractivity contribution in [2.75, 3.05) is 7.11 Å². The second kappa shape index (κ2) is 7.32. The minimum absolute atomic E-state index is 0.0590. The molecule has 2 nitrogen and oxygen atoms in total. The Bertz CT molecular complexity index is 341. The van der Waals surface area contributed by atoms with E-state index in [9.17, 15) is 4.79 Å². The van der Waals surface area contributed by atoms with E-state index in [1.807, 2.05) is 13.0 Å². The van der Waals surface area contributed by atoms with Crippen molar-refractivity contribution >= 4 is 5.78 Å². The number of carbonyl (C=O) groups is 1. The Labute approximate surface area is 110 Å². The summed E-state index contributed by atoms with van der Waals surface area (Å²) < 4.78 is 5.56. The molecule has 3 atom stereocenters. The molecule has 0 radical (unpaired) electrons. The lowest BCUT2D eigenvalue weighted by molar-refractivity contribution is -0.121. The Kier molecular flexibility index (Phi) is 6.06. The van der Waals surface area contributed by atoms with Gasteiger partial charge in [0, 0.05) is 13.0 Å². The van der Waals surface area contributed by atoms with Gasteiger partial charge in [0.1, 0.15) is 0 Å². The van der Waals surface area contributed by atoms with Crippen LogP contribution in [0.2, 0.25) is 0 Å². The second-order valence-corrected chi connectivity index (χ2v) is 4.90. The molecule has 3 unspecified atom stereocenters. The van der Waals surface area contributed by atoms with Crippen LogP contribution in [0, 0.1) is 11.8 Å². The first-order valence-electron chi connectivity index (χ1n) is 6.66. The van der Waals surface area contributed by atoms with E-state index in [0.717, 1.165) is 19.3 Å². The number of hydrogen-bond donors (Lipinski definition) is 0. The number of ether oxygens (including phenoxy) is 1. The number of ketones is 1. The number of rotatable bonds is 7. The lowest BCUT2D eigenvalue weighted by Gasteiger charge is -2.31. The molecule has 0 saturated carbocycles. The first-order valence-corrected chi connectivity index (χ1v) is 6.66. The molecule has 0 aliphatic heterocycles. The van der Waals surface area contributed by atoms with Crippen molar-refractivity contribution in [1.29, 1.82) is 0 Å². The highest BCUT2D eigenvalue weighted by atomic mass is 16.5. The van der Waals surface area contributed by atoms with Gasteiger partial charge in [0.2, 0.25) is 0 Å². The predicted molar refractivity (Wildman–Crippen MR) is 75.4 cm³/mol. The number of allylic oxidation sites excluding steroid dienone is 2. The number of methoxy groups -OCH3 is 1. The fourth-order valence-electron chi connectivity index (χ4n) is 2.62. The second-order valence-electron chi connectivity index (χ2n) is 4.90. The molecule has 0 heterocycles. The summed E-state index contributed by atoms with van der Waals surface area (Å²) in [5, 5.41) is 0. The highest BCUT2D eigenvalue weighted by Crippen LogP contribution is 2.31. The third-order valence-electron chi connectivity index (χ3n) is 3.72. The molecule has 2 heteroatoms. The van der Waals surface area contributed by atoms with Crippen LogP contribution in [0.3, 0.4) is 0 Å². The van der Waals surface area contributed by atoms with Gasteiger partial charge in [-0.25, -0.2) is 0 Å². The van der Waals surface area contributed by atoms with E-state index in [1.165, 1.54) is 18.1 Å². The Morgan fingerprint density at radius 3 is 2.61 bits per heavy atom. The van der Waals surface area contributed by atoms with Crippen LogP contribution in [0.1, 0.15) is 32.6 Å². The molecular weight excluding hydrogens is 224 g/mol. The van der Waals surface area contributed by atoms with E-state index in [1.54, 1.807) is 7.11 Å². The summed E-state index contributed by atoms with van der Waals surface area (Å²) >= 11 is 0. The fourth-order valence-corrected chi connectivity index (χ4v) is 2.62. The average molecular weight is 248 g/mol. The molecule has 1 aliphatic rings. The summed E-state index contributed by atoms with van der Waals surface area (Å²) in [6.07, 6.45) is 9.76. The largest absolute Gasteiger partial charge is 0.380 e. The van der Waals surface area contributed by atoms with Crippen LogP contribution < -0.4 is 0 Å². The van der Waals surface area contributed by atoms with Gasteiger partial charge in [-0.1, -0.05) is 31.2 Å². The molecule has 100 valence electrons. The summed E-state index contributed by atoms with van der Waals surface area (Å²) in [5.74, 6) is 0.0104. The monoisotopic (exact) mass is 248 g/mol. The number of hydrogen-bond acceptors (Lipinski definition) is 2. The molecule has 1 rings (SSSR count). The maximum absolute atomic E-state index is 12.2. The summed E-state index contributed by atoms with van der Waals surface area (Å²) in [6.45, 7) is 9.46. The average Bonchev–Trinajstić information content (AvgIpc) is 2.43. The molecule has 0 spiro atoms. The van der Waals surface area contributed by atoms with Crippen molar-refractivity contribution in [3.63, 3.8) is 0 Å². The summed E-state index contributed by atoms with van der Waals surface area (Å²) in [7, 11) is 1.66. The van der Waals surface area contributed by atoms with E-state index >= 15 is 0 Å². The van der Waals surface area contributed by atoms with Gasteiger partial charge in [0.05, 0.1) is 12.0 Å². The minimum Gasteiger partial charge on any atom is -0.380 e. The summed E-state index contributed by atoms with van der Waals surface area (Å²) in [5.41, 5.74) is 1.21. The Balaban J connectivity index is 3.02. The maximum Gasteiger partial charge on any atom is 0.164 e. The van der Waals surface area contributed by atoms with Gasteiger partial charge in [-0.3, -0.25) is 4.79 Å². The quantitative estimate of drug-likeness (QED) is 0.507. The van der Waals surface area contributed by atoms with E-state index in [0.29, 0.717) is 0 Å². The van der Waals surface area contributed by atoms with Crippen molar-refractivity contribution in [2.24, 2.45) is 11.8 Å². The van der Waals surface area contributed by atoms with Gasteiger partial charge in [-0.15, -0.1) is 6.58 Å². The molecular formula is C16H24O2. The molecule has 0 amide bonds. The first kappa shape index (κ1) is 14.9. The summed E-state index contributed by atoms with van der Waals surface area (Å²) in [4.78, 5) is 12.2. The van der Waals surface area contributed by atoms with Crippen LogP contribution in [-0.4, -0.2) is 19.0 Å². The molecule has 1 aliphatic carbocycles. The van der Waals surface area contributed by atoms with Crippen LogP contribution in [0.15, 0.2) is 37.0 Å². The van der Waals surface area contributed by atoms with Gasteiger partial charge in [0.15, 0.2) is 5.78 Å². The van der Waals surface area contributed by atoms with Gasteiger partial charge < -0.3 is 4.74 Å². The van der Waals surface area contributed by atoms with Gasteiger partial charge >= 0.3 is 0 Å². The van der Waals surface area contributed by atoms with Crippen molar-refractivity contribution in [3.05, 3.63) is 37.0 Å². The van der Waals surface area contributed by atoms with Gasteiger partial charge in [-0.05, 0) is 31.8 Å².